The van der Waals surface area contributed by atoms with Crippen LogP contribution in [0.1, 0.15) is 39.7 Å². The Balaban J connectivity index is 2.89. The van der Waals surface area contributed by atoms with Crippen molar-refractivity contribution in [1.29, 1.82) is 0 Å². The molecule has 0 spiro atoms. The van der Waals surface area contributed by atoms with Gasteiger partial charge in [-0.05, 0) is 32.8 Å². The first-order valence-electron chi connectivity index (χ1n) is 6.84. The highest BCUT2D eigenvalue weighted by molar-refractivity contribution is 6.17. The van der Waals surface area contributed by atoms with Crippen LogP contribution in [0.15, 0.2) is 42.0 Å². The minimum Gasteiger partial charge on any atom is -0.456 e. The van der Waals surface area contributed by atoms with Crippen molar-refractivity contribution >= 4 is 11.8 Å². The summed E-state index contributed by atoms with van der Waals surface area (Å²) in [7, 11) is 0. The summed E-state index contributed by atoms with van der Waals surface area (Å²) in [6.07, 6.45) is 2.50. The highest BCUT2D eigenvalue weighted by Crippen LogP contribution is 2.14. The number of hydrogen-bond acceptors (Lipinski definition) is 3. The summed E-state index contributed by atoms with van der Waals surface area (Å²) in [5.41, 5.74) is 0.598. The number of hydrogen-bond donors (Lipinski definition) is 0. The van der Waals surface area contributed by atoms with E-state index in [1.54, 1.807) is 33.8 Å². The van der Waals surface area contributed by atoms with Gasteiger partial charge in [0.05, 0.1) is 5.57 Å². The van der Waals surface area contributed by atoms with Crippen LogP contribution < -0.4 is 0 Å². The smallest absolute Gasteiger partial charge is 0.341 e. The maximum absolute atomic E-state index is 12.1. The lowest BCUT2D eigenvalue weighted by atomic mass is 10.0. The Morgan fingerprint density at radius 2 is 1.75 bits per heavy atom. The Kier molecular flexibility index (Phi) is 5.68. The molecule has 0 radical (unpaired) electrons. The van der Waals surface area contributed by atoms with E-state index in [2.05, 4.69) is 0 Å². The molecule has 0 fully saturated rings. The van der Waals surface area contributed by atoms with E-state index < -0.39 is 11.6 Å². The van der Waals surface area contributed by atoms with E-state index in [1.807, 2.05) is 30.3 Å². The quantitative estimate of drug-likeness (QED) is 0.357. The van der Waals surface area contributed by atoms with Crippen LogP contribution in [0.25, 0.3) is 0 Å². The molecule has 0 atom stereocenters. The average molecular weight is 274 g/mol. The van der Waals surface area contributed by atoms with Gasteiger partial charge in [0.15, 0.2) is 5.78 Å². The Bertz CT molecular complexity index is 493. The number of carbonyl (C=O) groups excluding carboxylic acids is 2. The SMILES string of the molecule is CCC(=O)C(=CCc1ccccc1)C(=O)OC(C)(C)C. The van der Waals surface area contributed by atoms with Crippen LogP contribution in [0.2, 0.25) is 0 Å². The van der Waals surface area contributed by atoms with E-state index >= 15 is 0 Å². The number of esters is 1. The summed E-state index contributed by atoms with van der Waals surface area (Å²) >= 11 is 0. The molecule has 1 rings (SSSR count). The van der Waals surface area contributed by atoms with Gasteiger partial charge in [-0.15, -0.1) is 0 Å². The first-order chi connectivity index (χ1) is 9.33. The summed E-state index contributed by atoms with van der Waals surface area (Å²) in [6, 6.07) is 9.70. The molecule has 20 heavy (non-hydrogen) atoms. The molecule has 0 saturated heterocycles. The molecule has 0 aliphatic carbocycles. The molecule has 0 N–H and O–H groups in total. The van der Waals surface area contributed by atoms with Gasteiger partial charge >= 0.3 is 5.97 Å². The molecule has 0 aliphatic heterocycles. The number of benzene rings is 1. The van der Waals surface area contributed by atoms with Crippen LogP contribution in [0.4, 0.5) is 0 Å². The van der Waals surface area contributed by atoms with Crippen molar-refractivity contribution in [2.24, 2.45) is 0 Å². The third-order valence-corrected chi connectivity index (χ3v) is 2.63. The van der Waals surface area contributed by atoms with Gasteiger partial charge in [0.25, 0.3) is 0 Å². The maximum atomic E-state index is 12.1. The van der Waals surface area contributed by atoms with Crippen molar-refractivity contribution < 1.29 is 14.3 Å². The van der Waals surface area contributed by atoms with Gasteiger partial charge in [0, 0.05) is 6.42 Å². The fourth-order valence-corrected chi connectivity index (χ4v) is 1.67. The number of ether oxygens (including phenoxy) is 1. The minimum atomic E-state index is -0.600. The molecule has 0 unspecified atom stereocenters. The number of ketones is 1. The van der Waals surface area contributed by atoms with Crippen LogP contribution in [-0.4, -0.2) is 17.4 Å². The first-order valence-corrected chi connectivity index (χ1v) is 6.84. The van der Waals surface area contributed by atoms with E-state index in [-0.39, 0.29) is 11.4 Å². The van der Waals surface area contributed by atoms with Gasteiger partial charge in [-0.25, -0.2) is 4.79 Å². The van der Waals surface area contributed by atoms with Crippen molar-refractivity contribution in [3.05, 3.63) is 47.5 Å². The lowest BCUT2D eigenvalue weighted by Crippen LogP contribution is -2.27. The van der Waals surface area contributed by atoms with E-state index in [0.717, 1.165) is 5.56 Å². The lowest BCUT2D eigenvalue weighted by molar-refractivity contribution is -0.150. The Labute approximate surface area is 120 Å². The molecule has 3 heteroatoms. The molecule has 0 heterocycles. The summed E-state index contributed by atoms with van der Waals surface area (Å²) in [6.45, 7) is 7.10. The highest BCUT2D eigenvalue weighted by Gasteiger charge is 2.23. The van der Waals surface area contributed by atoms with Crippen LogP contribution >= 0.6 is 0 Å². The largest absolute Gasteiger partial charge is 0.456 e. The minimum absolute atomic E-state index is 0.145. The molecule has 108 valence electrons. The average Bonchev–Trinajstić information content (AvgIpc) is 2.37. The summed E-state index contributed by atoms with van der Waals surface area (Å²) < 4.78 is 5.28. The van der Waals surface area contributed by atoms with Crippen LogP contribution in [-0.2, 0) is 20.7 Å². The summed E-state index contributed by atoms with van der Waals surface area (Å²) in [4.78, 5) is 24.0. The highest BCUT2D eigenvalue weighted by atomic mass is 16.6. The van der Waals surface area contributed by atoms with Gasteiger partial charge in [-0.2, -0.15) is 0 Å². The second-order valence-electron chi connectivity index (χ2n) is 5.59. The second-order valence-corrected chi connectivity index (χ2v) is 5.59. The second kappa shape index (κ2) is 7.04. The van der Waals surface area contributed by atoms with Crippen LogP contribution in [0.5, 0.6) is 0 Å². The van der Waals surface area contributed by atoms with Crippen molar-refractivity contribution in [1.82, 2.24) is 0 Å². The molecule has 0 aliphatic rings. The predicted octanol–water partition coefficient (Wildman–Crippen LogP) is 3.48. The lowest BCUT2D eigenvalue weighted by Gasteiger charge is -2.20. The number of rotatable bonds is 5. The number of carbonyl (C=O) groups is 2. The van der Waals surface area contributed by atoms with Gasteiger partial charge in [0.1, 0.15) is 5.60 Å². The third kappa shape index (κ3) is 5.39. The van der Waals surface area contributed by atoms with Gasteiger partial charge in [-0.1, -0.05) is 43.3 Å². The molecule has 1 aromatic rings. The first kappa shape index (κ1) is 16.2. The van der Waals surface area contributed by atoms with E-state index in [4.69, 9.17) is 4.74 Å². The van der Waals surface area contributed by atoms with E-state index in [1.165, 1.54) is 0 Å². The molecule has 0 amide bonds. The normalized spacial score (nSPS) is 12.1. The van der Waals surface area contributed by atoms with Gasteiger partial charge in [0.2, 0.25) is 0 Å². The van der Waals surface area contributed by atoms with E-state index in [0.29, 0.717) is 12.8 Å². The Morgan fingerprint density at radius 1 is 1.15 bits per heavy atom. The van der Waals surface area contributed by atoms with Crippen LogP contribution in [0, 0.1) is 0 Å². The molecular formula is C17H22O3. The molecule has 3 nitrogen and oxygen atoms in total. The van der Waals surface area contributed by atoms with Gasteiger partial charge in [-0.3, -0.25) is 4.79 Å². The number of allylic oxidation sites excluding steroid dienone is 1. The monoisotopic (exact) mass is 274 g/mol. The van der Waals surface area contributed by atoms with Gasteiger partial charge < -0.3 is 4.74 Å². The fourth-order valence-electron chi connectivity index (χ4n) is 1.67. The van der Waals surface area contributed by atoms with Crippen molar-refractivity contribution in [2.75, 3.05) is 0 Å². The number of Topliss-reactive ketones (excluding diaryl/α,β-unsaturated/α-hetero) is 1. The third-order valence-electron chi connectivity index (χ3n) is 2.63. The Morgan fingerprint density at radius 3 is 2.25 bits per heavy atom. The molecule has 0 saturated carbocycles. The zero-order valence-corrected chi connectivity index (χ0v) is 12.6. The van der Waals surface area contributed by atoms with Crippen molar-refractivity contribution in [3.8, 4) is 0 Å². The predicted molar refractivity (Wildman–Crippen MR) is 79.4 cm³/mol. The Hall–Kier alpha value is -1.90. The topological polar surface area (TPSA) is 43.4 Å². The molecule has 0 aromatic heterocycles. The van der Waals surface area contributed by atoms with Crippen molar-refractivity contribution in [3.63, 3.8) is 0 Å². The molecule has 1 aromatic carbocycles. The molecular weight excluding hydrogens is 252 g/mol. The summed E-state index contributed by atoms with van der Waals surface area (Å²) in [5, 5.41) is 0. The maximum Gasteiger partial charge on any atom is 0.341 e. The summed E-state index contributed by atoms with van der Waals surface area (Å²) in [5.74, 6) is -0.726. The zero-order valence-electron chi connectivity index (χ0n) is 12.6. The standard InChI is InChI=1S/C17H22O3/c1-5-15(18)14(16(19)20-17(2,3)4)12-11-13-9-7-6-8-10-13/h6-10,12H,5,11H2,1-4H3. The van der Waals surface area contributed by atoms with Crippen molar-refractivity contribution in [2.45, 2.75) is 46.1 Å². The molecule has 0 bridgehead atoms. The van der Waals surface area contributed by atoms with Crippen LogP contribution in [0.3, 0.4) is 0 Å². The van der Waals surface area contributed by atoms with E-state index in [9.17, 15) is 9.59 Å². The zero-order chi connectivity index (χ0) is 15.2. The fraction of sp³-hybridized carbons (Fsp3) is 0.412.